The number of rotatable bonds is 1. The molecule has 0 aliphatic heterocycles. The maximum absolute atomic E-state index is 12.3. The van der Waals surface area contributed by atoms with Crippen LogP contribution in [0.2, 0.25) is 0 Å². The van der Waals surface area contributed by atoms with E-state index in [0.717, 1.165) is 4.57 Å². The third-order valence-corrected chi connectivity index (χ3v) is 1.76. The van der Waals surface area contributed by atoms with E-state index in [2.05, 4.69) is 0 Å². The van der Waals surface area contributed by atoms with Crippen molar-refractivity contribution in [3.05, 3.63) is 33.7 Å². The number of nitrogens with zero attached hydrogens (tertiary/aromatic N) is 1. The van der Waals surface area contributed by atoms with Gasteiger partial charge in [-0.25, -0.2) is 4.79 Å². The third kappa shape index (κ3) is 2.17. The summed E-state index contributed by atoms with van der Waals surface area (Å²) in [6.07, 6.45) is -4.20. The van der Waals surface area contributed by atoms with E-state index in [-0.39, 0.29) is 6.07 Å². The van der Waals surface area contributed by atoms with Crippen LogP contribution in [0.15, 0.2) is 17.1 Å². The molecule has 7 heteroatoms. The van der Waals surface area contributed by atoms with E-state index in [1.807, 2.05) is 0 Å². The van der Waals surface area contributed by atoms with E-state index in [1.54, 1.807) is 0 Å². The normalized spacial score (nSPS) is 11.5. The Hall–Kier alpha value is -1.79. The van der Waals surface area contributed by atoms with Gasteiger partial charge in [0.05, 0.1) is 11.1 Å². The molecule has 1 rings (SSSR count). The average Bonchev–Trinajstić information content (AvgIpc) is 2.06. The average molecular weight is 221 g/mol. The molecule has 0 aliphatic carbocycles. The predicted molar refractivity (Wildman–Crippen MR) is 43.6 cm³/mol. The molecular formula is C8H6F3NO3. The zero-order chi connectivity index (χ0) is 11.8. The maximum atomic E-state index is 12.3. The van der Waals surface area contributed by atoms with Crippen molar-refractivity contribution in [2.45, 2.75) is 6.18 Å². The number of hydrogen-bond donors (Lipinski definition) is 1. The zero-order valence-electron chi connectivity index (χ0n) is 7.50. The Balaban J connectivity index is 3.56. The first-order chi connectivity index (χ1) is 6.73. The summed E-state index contributed by atoms with van der Waals surface area (Å²) in [4.78, 5) is 21.4. The van der Waals surface area contributed by atoms with Crippen molar-refractivity contribution in [1.82, 2.24) is 4.57 Å². The summed E-state index contributed by atoms with van der Waals surface area (Å²) in [7, 11) is 1.18. The van der Waals surface area contributed by atoms with Crippen molar-refractivity contribution in [3.63, 3.8) is 0 Å². The van der Waals surface area contributed by atoms with E-state index >= 15 is 0 Å². The van der Waals surface area contributed by atoms with Crippen LogP contribution in [-0.2, 0) is 13.2 Å². The standard InChI is InChI=1S/C8H6F3NO3/c1-12-3-4(7(14)15)5(2-6(12)13)8(9,10)11/h2-3H,1H3,(H,14,15). The van der Waals surface area contributed by atoms with Crippen LogP contribution in [-0.4, -0.2) is 15.6 Å². The molecule has 0 aliphatic rings. The fourth-order valence-electron chi connectivity index (χ4n) is 1.03. The number of aryl methyl sites for hydroxylation is 1. The molecule has 1 aromatic rings. The first-order valence-electron chi connectivity index (χ1n) is 3.74. The second-order valence-corrected chi connectivity index (χ2v) is 2.85. The molecule has 0 unspecified atom stereocenters. The Morgan fingerprint density at radius 1 is 1.47 bits per heavy atom. The van der Waals surface area contributed by atoms with E-state index in [9.17, 15) is 22.8 Å². The highest BCUT2D eigenvalue weighted by Crippen LogP contribution is 2.30. The van der Waals surface area contributed by atoms with Gasteiger partial charge in [0.1, 0.15) is 0 Å². The van der Waals surface area contributed by atoms with Crippen molar-refractivity contribution in [2.24, 2.45) is 7.05 Å². The quantitative estimate of drug-likeness (QED) is 0.772. The maximum Gasteiger partial charge on any atom is 0.417 e. The summed E-state index contributed by atoms with van der Waals surface area (Å²) in [6.45, 7) is 0. The first-order valence-corrected chi connectivity index (χ1v) is 3.74. The smallest absolute Gasteiger partial charge is 0.417 e. The lowest BCUT2D eigenvalue weighted by Crippen LogP contribution is -2.23. The molecule has 0 aromatic carbocycles. The molecule has 0 amide bonds. The summed E-state index contributed by atoms with van der Waals surface area (Å²) >= 11 is 0. The van der Waals surface area contributed by atoms with Gasteiger partial charge in [-0.2, -0.15) is 13.2 Å². The number of halogens is 3. The van der Waals surface area contributed by atoms with E-state index < -0.39 is 28.8 Å². The molecule has 0 saturated heterocycles. The lowest BCUT2D eigenvalue weighted by atomic mass is 10.1. The van der Waals surface area contributed by atoms with Gasteiger partial charge in [-0.1, -0.05) is 0 Å². The summed E-state index contributed by atoms with van der Waals surface area (Å²) in [5.74, 6) is -1.72. The molecule has 0 spiro atoms. The number of aromatic nitrogens is 1. The highest BCUT2D eigenvalue weighted by molar-refractivity contribution is 5.89. The van der Waals surface area contributed by atoms with Crippen molar-refractivity contribution in [3.8, 4) is 0 Å². The highest BCUT2D eigenvalue weighted by atomic mass is 19.4. The molecule has 0 saturated carbocycles. The number of carboxylic acid groups (broad SMARTS) is 1. The van der Waals surface area contributed by atoms with Crippen molar-refractivity contribution >= 4 is 5.97 Å². The van der Waals surface area contributed by atoms with Crippen LogP contribution >= 0.6 is 0 Å². The fraction of sp³-hybridized carbons (Fsp3) is 0.250. The molecule has 1 N–H and O–H groups in total. The van der Waals surface area contributed by atoms with E-state index in [1.165, 1.54) is 7.05 Å². The van der Waals surface area contributed by atoms with Crippen LogP contribution in [0.3, 0.4) is 0 Å². The summed E-state index contributed by atoms with van der Waals surface area (Å²) in [5, 5.41) is 8.53. The van der Waals surface area contributed by atoms with Gasteiger partial charge < -0.3 is 9.67 Å². The Morgan fingerprint density at radius 2 is 2.00 bits per heavy atom. The largest absolute Gasteiger partial charge is 0.478 e. The lowest BCUT2D eigenvalue weighted by molar-refractivity contribution is -0.138. The van der Waals surface area contributed by atoms with Gasteiger partial charge in [-0.15, -0.1) is 0 Å². The van der Waals surface area contributed by atoms with Crippen molar-refractivity contribution in [2.75, 3.05) is 0 Å². The monoisotopic (exact) mass is 221 g/mol. The first kappa shape index (κ1) is 11.3. The summed E-state index contributed by atoms with van der Waals surface area (Å²) < 4.78 is 37.7. The van der Waals surface area contributed by atoms with E-state index in [4.69, 9.17) is 5.11 Å². The fourth-order valence-corrected chi connectivity index (χ4v) is 1.03. The third-order valence-electron chi connectivity index (χ3n) is 1.76. The molecule has 0 radical (unpaired) electrons. The number of alkyl halides is 3. The minimum absolute atomic E-state index is 0.267. The van der Waals surface area contributed by atoms with Crippen LogP contribution in [0.1, 0.15) is 15.9 Å². The molecule has 0 bridgehead atoms. The van der Waals surface area contributed by atoms with Gasteiger partial charge >= 0.3 is 12.1 Å². The topological polar surface area (TPSA) is 59.3 Å². The minimum Gasteiger partial charge on any atom is -0.478 e. The summed E-state index contributed by atoms with van der Waals surface area (Å²) in [6, 6.07) is 0.267. The van der Waals surface area contributed by atoms with Crippen LogP contribution < -0.4 is 5.56 Å². The zero-order valence-corrected chi connectivity index (χ0v) is 7.50. The van der Waals surface area contributed by atoms with Crippen LogP contribution in [0, 0.1) is 0 Å². The molecule has 0 atom stereocenters. The number of pyridine rings is 1. The molecule has 82 valence electrons. The lowest BCUT2D eigenvalue weighted by Gasteiger charge is -2.10. The van der Waals surface area contributed by atoms with Crippen LogP contribution in [0.4, 0.5) is 13.2 Å². The second kappa shape index (κ2) is 3.41. The van der Waals surface area contributed by atoms with Crippen LogP contribution in [0.25, 0.3) is 0 Å². The van der Waals surface area contributed by atoms with Crippen LogP contribution in [0.5, 0.6) is 0 Å². The summed E-state index contributed by atoms with van der Waals surface area (Å²) in [5.41, 5.74) is -3.28. The van der Waals surface area contributed by atoms with Gasteiger partial charge in [0, 0.05) is 19.3 Å². The molecule has 0 fully saturated rings. The Kier molecular flexibility index (Phi) is 2.57. The molecule has 1 heterocycles. The van der Waals surface area contributed by atoms with E-state index in [0.29, 0.717) is 6.20 Å². The molecular weight excluding hydrogens is 215 g/mol. The number of hydrogen-bond acceptors (Lipinski definition) is 2. The highest BCUT2D eigenvalue weighted by Gasteiger charge is 2.36. The van der Waals surface area contributed by atoms with Gasteiger partial charge in [0.25, 0.3) is 5.56 Å². The second-order valence-electron chi connectivity index (χ2n) is 2.85. The SMILES string of the molecule is Cn1cc(C(=O)O)c(C(F)(F)F)cc1=O. The molecule has 1 aromatic heterocycles. The molecule has 4 nitrogen and oxygen atoms in total. The van der Waals surface area contributed by atoms with Crippen molar-refractivity contribution < 1.29 is 23.1 Å². The van der Waals surface area contributed by atoms with Gasteiger partial charge in [-0.05, 0) is 0 Å². The Labute approximate surface area is 81.6 Å². The Morgan fingerprint density at radius 3 is 2.40 bits per heavy atom. The molecule has 15 heavy (non-hydrogen) atoms. The number of aromatic carboxylic acids is 1. The number of carbonyl (C=O) groups is 1. The minimum atomic E-state index is -4.85. The van der Waals surface area contributed by atoms with Gasteiger partial charge in [0.15, 0.2) is 0 Å². The van der Waals surface area contributed by atoms with Gasteiger partial charge in [-0.3, -0.25) is 4.79 Å². The Bertz CT molecular complexity index is 461. The predicted octanol–water partition coefficient (Wildman–Crippen LogP) is 1.10. The van der Waals surface area contributed by atoms with Gasteiger partial charge in [0.2, 0.25) is 0 Å². The van der Waals surface area contributed by atoms with Crippen molar-refractivity contribution in [1.29, 1.82) is 0 Å². The number of carboxylic acids is 1.